The topological polar surface area (TPSA) is 35.5 Å². The number of rotatable bonds is 0. The Kier molecular flexibility index (Phi) is 1.17. The van der Waals surface area contributed by atoms with Gasteiger partial charge in [0.1, 0.15) is 0 Å². The first-order chi connectivity index (χ1) is 4.02. The van der Waals surface area contributed by atoms with E-state index in [2.05, 4.69) is 16.1 Å². The third-order valence-electron chi connectivity index (χ3n) is 0.980. The molecule has 50 valence electrons. The number of alkyl halides is 1. The van der Waals surface area contributed by atoms with Gasteiger partial charge in [0.25, 0.3) is 0 Å². The Hall–Kier alpha value is -0.700. The van der Waals surface area contributed by atoms with Crippen molar-refractivity contribution in [3.63, 3.8) is 0 Å². The van der Waals surface area contributed by atoms with Crippen molar-refractivity contribution in [3.8, 4) is 0 Å². The van der Waals surface area contributed by atoms with Crippen molar-refractivity contribution in [3.05, 3.63) is 12.3 Å². The van der Waals surface area contributed by atoms with Crippen LogP contribution in [0.25, 0.3) is 0 Å². The quantitative estimate of drug-likeness (QED) is 0.387. The lowest BCUT2D eigenvalue weighted by Crippen LogP contribution is -2.15. The van der Waals surface area contributed by atoms with Gasteiger partial charge >= 0.3 is 6.16 Å². The van der Waals surface area contributed by atoms with Crippen molar-refractivity contribution in [2.75, 3.05) is 0 Å². The number of carbonyl (C=O) groups is 1. The molecule has 1 saturated heterocycles. The number of halogens is 1. The summed E-state index contributed by atoms with van der Waals surface area (Å²) < 4.78 is 8.85. The molecule has 0 spiro atoms. The number of hydrogen-bond donors (Lipinski definition) is 0. The van der Waals surface area contributed by atoms with E-state index in [-0.39, 0.29) is 5.76 Å². The van der Waals surface area contributed by atoms with Gasteiger partial charge < -0.3 is 9.47 Å². The van der Waals surface area contributed by atoms with Crippen molar-refractivity contribution in [1.82, 2.24) is 0 Å². The standard InChI is InChI=1S/C5H5ClO3/c1-3-5(2,6)9-4(7)8-3/h1H2,2H3/t5-/m1/s1. The van der Waals surface area contributed by atoms with Crippen molar-refractivity contribution in [1.29, 1.82) is 0 Å². The lowest BCUT2D eigenvalue weighted by Gasteiger charge is -2.08. The van der Waals surface area contributed by atoms with Crippen LogP contribution in [0.15, 0.2) is 12.3 Å². The molecule has 0 N–H and O–H groups in total. The second kappa shape index (κ2) is 1.64. The molecule has 0 aromatic rings. The van der Waals surface area contributed by atoms with Crippen LogP contribution in [0.3, 0.4) is 0 Å². The molecule has 1 aliphatic rings. The summed E-state index contributed by atoms with van der Waals surface area (Å²) in [6.45, 7) is 4.85. The van der Waals surface area contributed by atoms with E-state index >= 15 is 0 Å². The summed E-state index contributed by atoms with van der Waals surface area (Å²) in [6, 6.07) is 0. The first-order valence-corrected chi connectivity index (χ1v) is 2.69. The van der Waals surface area contributed by atoms with Crippen LogP contribution in [0.1, 0.15) is 6.92 Å². The van der Waals surface area contributed by atoms with Crippen molar-refractivity contribution >= 4 is 17.8 Å². The lowest BCUT2D eigenvalue weighted by molar-refractivity contribution is 0.112. The Morgan fingerprint density at radius 3 is 2.44 bits per heavy atom. The number of hydrogen-bond acceptors (Lipinski definition) is 3. The summed E-state index contributed by atoms with van der Waals surface area (Å²) in [7, 11) is 0. The highest BCUT2D eigenvalue weighted by Gasteiger charge is 2.40. The fourth-order valence-electron chi connectivity index (χ4n) is 0.426. The highest BCUT2D eigenvalue weighted by Crippen LogP contribution is 2.32. The highest BCUT2D eigenvalue weighted by molar-refractivity contribution is 6.25. The predicted octanol–water partition coefficient (Wildman–Crippen LogP) is 1.62. The van der Waals surface area contributed by atoms with Crippen LogP contribution in [0.2, 0.25) is 0 Å². The Morgan fingerprint density at radius 1 is 1.78 bits per heavy atom. The van der Waals surface area contributed by atoms with Crippen LogP contribution < -0.4 is 0 Å². The SMILES string of the molecule is C=C1OC(=O)O[C@@]1(C)Cl. The van der Waals surface area contributed by atoms with Gasteiger partial charge in [0.05, 0.1) is 0 Å². The smallest absolute Gasteiger partial charge is 0.404 e. The molecule has 0 unspecified atom stereocenters. The summed E-state index contributed by atoms with van der Waals surface area (Å²) in [5, 5.41) is -1.17. The molecule has 4 heteroatoms. The van der Waals surface area contributed by atoms with E-state index in [1.807, 2.05) is 0 Å². The lowest BCUT2D eigenvalue weighted by atomic mass is 10.3. The van der Waals surface area contributed by atoms with Crippen molar-refractivity contribution in [2.45, 2.75) is 12.0 Å². The first-order valence-electron chi connectivity index (χ1n) is 2.31. The number of carbonyl (C=O) groups excluding carboxylic acids is 1. The maximum Gasteiger partial charge on any atom is 0.515 e. The van der Waals surface area contributed by atoms with Gasteiger partial charge in [0.2, 0.25) is 5.06 Å². The summed E-state index contributed by atoms with van der Waals surface area (Å²) in [4.78, 5) is 10.3. The van der Waals surface area contributed by atoms with Gasteiger partial charge in [-0.25, -0.2) is 4.79 Å². The minimum atomic E-state index is -1.17. The number of ether oxygens (including phenoxy) is 2. The largest absolute Gasteiger partial charge is 0.515 e. The van der Waals surface area contributed by atoms with Crippen LogP contribution in [0.4, 0.5) is 4.79 Å². The van der Waals surface area contributed by atoms with Crippen LogP contribution >= 0.6 is 11.6 Å². The van der Waals surface area contributed by atoms with E-state index in [1.54, 1.807) is 0 Å². The van der Waals surface area contributed by atoms with E-state index in [0.29, 0.717) is 0 Å². The van der Waals surface area contributed by atoms with E-state index < -0.39 is 11.2 Å². The fourth-order valence-corrected chi connectivity index (χ4v) is 0.528. The summed E-state index contributed by atoms with van der Waals surface area (Å²) >= 11 is 5.55. The van der Waals surface area contributed by atoms with Crippen molar-refractivity contribution < 1.29 is 14.3 Å². The van der Waals surface area contributed by atoms with Crippen LogP contribution in [0, 0.1) is 0 Å². The summed E-state index contributed by atoms with van der Waals surface area (Å²) in [5.74, 6) is 0.133. The molecule has 9 heavy (non-hydrogen) atoms. The molecule has 0 aliphatic carbocycles. The van der Waals surface area contributed by atoms with Crippen LogP contribution in [0.5, 0.6) is 0 Å². The third-order valence-corrected chi connectivity index (χ3v) is 1.27. The summed E-state index contributed by atoms with van der Waals surface area (Å²) in [5.41, 5.74) is 0. The Morgan fingerprint density at radius 2 is 2.33 bits per heavy atom. The monoisotopic (exact) mass is 148 g/mol. The molecule has 1 rings (SSSR count). The highest BCUT2D eigenvalue weighted by atomic mass is 35.5. The van der Waals surface area contributed by atoms with Gasteiger partial charge in [0.15, 0.2) is 5.76 Å². The van der Waals surface area contributed by atoms with E-state index in [9.17, 15) is 4.79 Å². The molecule has 0 radical (unpaired) electrons. The van der Waals surface area contributed by atoms with Gasteiger partial charge in [-0.15, -0.1) is 0 Å². The molecule has 0 saturated carbocycles. The van der Waals surface area contributed by atoms with E-state index in [1.165, 1.54) is 6.92 Å². The molecule has 0 aromatic carbocycles. The minimum Gasteiger partial charge on any atom is -0.404 e. The molecule has 3 nitrogen and oxygen atoms in total. The minimum absolute atomic E-state index is 0.133. The molecule has 0 aromatic heterocycles. The second-order valence-electron chi connectivity index (χ2n) is 1.79. The zero-order valence-corrected chi connectivity index (χ0v) is 5.57. The maximum absolute atomic E-state index is 10.3. The van der Waals surface area contributed by atoms with Crippen LogP contribution in [-0.4, -0.2) is 11.2 Å². The molecule has 0 amide bonds. The normalized spacial score (nSPS) is 34.0. The maximum atomic E-state index is 10.3. The zero-order valence-electron chi connectivity index (χ0n) is 4.81. The molecule has 0 bridgehead atoms. The predicted molar refractivity (Wildman–Crippen MR) is 31.0 cm³/mol. The van der Waals surface area contributed by atoms with E-state index in [4.69, 9.17) is 11.6 Å². The number of cyclic esters (lactones) is 2. The molecule has 1 fully saturated rings. The van der Waals surface area contributed by atoms with Gasteiger partial charge in [-0.2, -0.15) is 0 Å². The first kappa shape index (κ1) is 6.42. The van der Waals surface area contributed by atoms with Gasteiger partial charge in [-0.05, 0) is 6.92 Å². The molecule has 1 atom stereocenters. The summed E-state index contributed by atoms with van der Waals surface area (Å²) in [6.07, 6.45) is -0.794. The third kappa shape index (κ3) is 1.00. The second-order valence-corrected chi connectivity index (χ2v) is 2.52. The molecule has 1 aliphatic heterocycles. The van der Waals surface area contributed by atoms with Gasteiger partial charge in [-0.3, -0.25) is 0 Å². The molecular weight excluding hydrogens is 144 g/mol. The zero-order chi connectivity index (χ0) is 7.07. The fraction of sp³-hybridized carbons (Fsp3) is 0.400. The Balaban J connectivity index is 2.81. The van der Waals surface area contributed by atoms with Gasteiger partial charge in [0, 0.05) is 0 Å². The molecular formula is C5H5ClO3. The van der Waals surface area contributed by atoms with Gasteiger partial charge in [-0.1, -0.05) is 18.2 Å². The Bertz CT molecular complexity index is 173. The van der Waals surface area contributed by atoms with E-state index in [0.717, 1.165) is 0 Å². The Labute approximate surface area is 57.2 Å². The average Bonchev–Trinajstić information content (AvgIpc) is 1.79. The molecule has 1 heterocycles. The van der Waals surface area contributed by atoms with Crippen molar-refractivity contribution in [2.24, 2.45) is 0 Å². The van der Waals surface area contributed by atoms with Crippen LogP contribution in [-0.2, 0) is 9.47 Å². The average molecular weight is 149 g/mol.